The first-order valence-electron chi connectivity index (χ1n) is 11.6. The van der Waals surface area contributed by atoms with Gasteiger partial charge in [-0.2, -0.15) is 0 Å². The van der Waals surface area contributed by atoms with Gasteiger partial charge < -0.3 is 19.2 Å². The third-order valence-corrected chi connectivity index (χ3v) is 5.94. The monoisotopic (exact) mass is 485 g/mol. The van der Waals surface area contributed by atoms with Crippen molar-refractivity contribution in [2.24, 2.45) is 0 Å². The van der Waals surface area contributed by atoms with E-state index in [0.29, 0.717) is 22.1 Å². The lowest BCUT2D eigenvalue weighted by Crippen LogP contribution is -2.44. The zero-order chi connectivity index (χ0) is 25.7. The topological polar surface area (TPSA) is 94.8 Å². The molecule has 0 aliphatic carbocycles. The Morgan fingerprint density at radius 1 is 0.889 bits per heavy atom. The zero-order valence-electron chi connectivity index (χ0n) is 20.4. The number of benzene rings is 3. The summed E-state index contributed by atoms with van der Waals surface area (Å²) in [5.74, 6) is -0.400. The van der Waals surface area contributed by atoms with Crippen LogP contribution in [0.25, 0.3) is 11.0 Å². The van der Waals surface area contributed by atoms with Crippen molar-refractivity contribution >= 4 is 23.0 Å². The summed E-state index contributed by atoms with van der Waals surface area (Å²) in [5, 5.41) is 3.18. The molecule has 7 heteroatoms. The molecule has 0 saturated heterocycles. The quantitative estimate of drug-likeness (QED) is 0.221. The van der Waals surface area contributed by atoms with Crippen LogP contribution < -0.4 is 15.7 Å². The molecule has 1 heterocycles. The van der Waals surface area contributed by atoms with E-state index >= 15 is 0 Å². The number of carbonyl (C=O) groups is 2. The molecule has 7 nitrogen and oxygen atoms in total. The molecule has 184 valence electrons. The van der Waals surface area contributed by atoms with Crippen LogP contribution in [0.2, 0.25) is 0 Å². The first-order chi connectivity index (χ1) is 17.3. The summed E-state index contributed by atoms with van der Waals surface area (Å²) in [6.07, 6.45) is -0.527. The molecule has 0 bridgehead atoms. The number of ether oxygens (including phenoxy) is 2. The normalized spacial score (nSPS) is 11.6. The second kappa shape index (κ2) is 10.9. The second-order valence-electron chi connectivity index (χ2n) is 8.65. The number of rotatable bonds is 7. The van der Waals surface area contributed by atoms with Crippen LogP contribution in [0.4, 0.5) is 4.79 Å². The lowest BCUT2D eigenvalue weighted by molar-refractivity contribution is -0.136. The number of amides is 1. The second-order valence-corrected chi connectivity index (χ2v) is 8.65. The number of hydrogen-bond acceptors (Lipinski definition) is 6. The summed E-state index contributed by atoms with van der Waals surface area (Å²) in [6.45, 7) is 5.32. The van der Waals surface area contributed by atoms with E-state index in [1.807, 2.05) is 67.6 Å². The Morgan fingerprint density at radius 2 is 1.53 bits per heavy atom. The van der Waals surface area contributed by atoms with Gasteiger partial charge in [-0.15, -0.1) is 0 Å². The fourth-order valence-corrected chi connectivity index (χ4v) is 3.90. The van der Waals surface area contributed by atoms with Gasteiger partial charge in [-0.3, -0.25) is 0 Å². The van der Waals surface area contributed by atoms with Gasteiger partial charge in [-0.1, -0.05) is 60.7 Å². The number of fused-ring (bicyclic) bond motifs is 1. The van der Waals surface area contributed by atoms with Crippen molar-refractivity contribution in [1.29, 1.82) is 0 Å². The standard InChI is InChI=1S/C29H27NO6/c1-18-14-24-26(19(2)20(3)27(31)35-24)25(15-18)36-28(32)23(16-21-10-6-4-7-11-21)30-29(33)34-17-22-12-8-5-9-13-22/h4-15,23H,16-17H2,1-3H3,(H,30,33)/t23-/m1/s1. The summed E-state index contributed by atoms with van der Waals surface area (Å²) >= 11 is 0. The van der Waals surface area contributed by atoms with E-state index < -0.39 is 23.7 Å². The number of esters is 1. The molecule has 1 amide bonds. The zero-order valence-corrected chi connectivity index (χ0v) is 20.4. The van der Waals surface area contributed by atoms with Gasteiger partial charge in [0.2, 0.25) is 0 Å². The van der Waals surface area contributed by atoms with Gasteiger partial charge in [0.05, 0.1) is 5.39 Å². The first-order valence-corrected chi connectivity index (χ1v) is 11.6. The Labute approximate surface area is 208 Å². The van der Waals surface area contributed by atoms with Gasteiger partial charge in [-0.25, -0.2) is 14.4 Å². The van der Waals surface area contributed by atoms with E-state index in [1.165, 1.54) is 0 Å². The fourth-order valence-electron chi connectivity index (χ4n) is 3.90. The Kier molecular flexibility index (Phi) is 7.49. The van der Waals surface area contributed by atoms with Gasteiger partial charge in [0.15, 0.2) is 0 Å². The summed E-state index contributed by atoms with van der Waals surface area (Å²) < 4.78 is 16.6. The minimum Gasteiger partial charge on any atom is -0.445 e. The molecule has 4 aromatic rings. The largest absolute Gasteiger partial charge is 0.445 e. The molecule has 0 spiro atoms. The molecule has 0 saturated carbocycles. The minimum atomic E-state index is -1.01. The third-order valence-electron chi connectivity index (χ3n) is 5.94. The van der Waals surface area contributed by atoms with Crippen LogP contribution in [0.15, 0.2) is 82.0 Å². The minimum absolute atomic E-state index is 0.0692. The molecule has 0 aliphatic rings. The van der Waals surface area contributed by atoms with Crippen molar-refractivity contribution in [2.75, 3.05) is 0 Å². The molecule has 1 aromatic heterocycles. The maximum Gasteiger partial charge on any atom is 0.408 e. The average Bonchev–Trinajstić information content (AvgIpc) is 2.86. The molecule has 0 unspecified atom stereocenters. The van der Waals surface area contributed by atoms with E-state index in [9.17, 15) is 14.4 Å². The molecular formula is C29H27NO6. The predicted octanol–water partition coefficient (Wildman–Crippen LogP) is 5.16. The molecule has 0 fully saturated rings. The maximum atomic E-state index is 13.4. The number of alkyl carbamates (subject to hydrolysis) is 1. The van der Waals surface area contributed by atoms with Crippen LogP contribution in [0, 0.1) is 20.8 Å². The molecule has 4 rings (SSSR count). The van der Waals surface area contributed by atoms with E-state index in [-0.39, 0.29) is 18.8 Å². The molecule has 1 N–H and O–H groups in total. The van der Waals surface area contributed by atoms with Crippen LogP contribution >= 0.6 is 0 Å². The maximum absolute atomic E-state index is 13.4. The third kappa shape index (κ3) is 5.81. The number of hydrogen-bond donors (Lipinski definition) is 1. The van der Waals surface area contributed by atoms with Crippen molar-refractivity contribution in [3.63, 3.8) is 0 Å². The van der Waals surface area contributed by atoms with E-state index in [4.69, 9.17) is 13.9 Å². The van der Waals surface area contributed by atoms with Crippen molar-refractivity contribution in [3.8, 4) is 5.75 Å². The SMILES string of the molecule is Cc1cc(OC(=O)[C@@H](Cc2ccccc2)NC(=O)OCc2ccccc2)c2c(C)c(C)c(=O)oc2c1. The fraction of sp³-hybridized carbons (Fsp3) is 0.207. The Bertz CT molecular complexity index is 1440. The molecule has 0 aliphatic heterocycles. The lowest BCUT2D eigenvalue weighted by Gasteiger charge is -2.19. The summed E-state index contributed by atoms with van der Waals surface area (Å²) in [7, 11) is 0. The smallest absolute Gasteiger partial charge is 0.408 e. The Hall–Kier alpha value is -4.39. The van der Waals surface area contributed by atoms with Crippen molar-refractivity contribution < 1.29 is 23.5 Å². The summed E-state index contributed by atoms with van der Waals surface area (Å²) in [5.41, 5.74) is 3.43. The average molecular weight is 486 g/mol. The highest BCUT2D eigenvalue weighted by molar-refractivity contribution is 5.92. The predicted molar refractivity (Wildman–Crippen MR) is 136 cm³/mol. The number of carbonyl (C=O) groups excluding carboxylic acids is 2. The molecule has 1 atom stereocenters. The van der Waals surface area contributed by atoms with Gasteiger partial charge in [0.1, 0.15) is 24.0 Å². The van der Waals surface area contributed by atoms with Crippen molar-refractivity contribution in [3.05, 3.63) is 111 Å². The van der Waals surface area contributed by atoms with Gasteiger partial charge in [-0.05, 0) is 55.2 Å². The van der Waals surface area contributed by atoms with Crippen LogP contribution in [-0.2, 0) is 22.6 Å². The Morgan fingerprint density at radius 3 is 2.19 bits per heavy atom. The first kappa shape index (κ1) is 24.7. The summed E-state index contributed by atoms with van der Waals surface area (Å²) in [4.78, 5) is 38.1. The van der Waals surface area contributed by atoms with Gasteiger partial charge in [0, 0.05) is 12.0 Å². The molecular weight excluding hydrogens is 458 g/mol. The highest BCUT2D eigenvalue weighted by atomic mass is 16.6. The van der Waals surface area contributed by atoms with E-state index in [1.54, 1.807) is 26.0 Å². The highest BCUT2D eigenvalue weighted by Crippen LogP contribution is 2.31. The van der Waals surface area contributed by atoms with Crippen LogP contribution in [0.5, 0.6) is 5.75 Å². The van der Waals surface area contributed by atoms with Gasteiger partial charge in [0.25, 0.3) is 0 Å². The molecule has 3 aromatic carbocycles. The van der Waals surface area contributed by atoms with Crippen LogP contribution in [0.3, 0.4) is 0 Å². The van der Waals surface area contributed by atoms with E-state index in [2.05, 4.69) is 5.32 Å². The van der Waals surface area contributed by atoms with Crippen molar-refractivity contribution in [1.82, 2.24) is 5.32 Å². The lowest BCUT2D eigenvalue weighted by atomic mass is 10.0. The highest BCUT2D eigenvalue weighted by Gasteiger charge is 2.26. The molecule has 36 heavy (non-hydrogen) atoms. The van der Waals surface area contributed by atoms with Crippen LogP contribution in [0.1, 0.15) is 27.8 Å². The van der Waals surface area contributed by atoms with E-state index in [0.717, 1.165) is 16.7 Å². The number of aryl methyl sites for hydroxylation is 2. The summed E-state index contributed by atoms with van der Waals surface area (Å²) in [6, 6.07) is 21.0. The Balaban J connectivity index is 1.59. The number of nitrogens with one attached hydrogen (secondary N) is 1. The van der Waals surface area contributed by atoms with Crippen LogP contribution in [-0.4, -0.2) is 18.1 Å². The molecule has 0 radical (unpaired) electrons. The van der Waals surface area contributed by atoms with Crippen molar-refractivity contribution in [2.45, 2.75) is 39.8 Å². The van der Waals surface area contributed by atoms with Gasteiger partial charge >= 0.3 is 17.7 Å².